The van der Waals surface area contributed by atoms with Gasteiger partial charge in [0.15, 0.2) is 0 Å². The smallest absolute Gasteiger partial charge is 0.116 e. The number of nitrogens with zero attached hydrogens (tertiary/aromatic N) is 3. The van der Waals surface area contributed by atoms with Crippen LogP contribution >= 0.6 is 11.8 Å². The highest BCUT2D eigenvalue weighted by Crippen LogP contribution is 2.46. The van der Waals surface area contributed by atoms with Crippen molar-refractivity contribution in [1.82, 2.24) is 9.97 Å². The Morgan fingerprint density at radius 3 is 2.85 bits per heavy atom. The molecule has 1 aromatic heterocycles. The Hall–Kier alpha value is -1.08. The van der Waals surface area contributed by atoms with E-state index >= 15 is 0 Å². The summed E-state index contributed by atoms with van der Waals surface area (Å²) < 4.78 is 0. The average Bonchev–Trinajstić information content (AvgIpc) is 2.48. The van der Waals surface area contributed by atoms with Crippen LogP contribution in [0.15, 0.2) is 23.6 Å². The summed E-state index contributed by atoms with van der Waals surface area (Å²) in [5.41, 5.74) is 0.366. The zero-order valence-electron chi connectivity index (χ0n) is 12.5. The van der Waals surface area contributed by atoms with Crippen LogP contribution in [0.4, 0.5) is 0 Å². The summed E-state index contributed by atoms with van der Waals surface area (Å²) in [5, 5.41) is 10.7. The predicted molar refractivity (Wildman–Crippen MR) is 82.2 cm³/mol. The number of nitriles is 1. The van der Waals surface area contributed by atoms with Crippen LogP contribution in [0.1, 0.15) is 46.5 Å². The number of rotatable bonds is 4. The lowest BCUT2D eigenvalue weighted by molar-refractivity contribution is 0.144. The molecule has 1 aliphatic carbocycles. The summed E-state index contributed by atoms with van der Waals surface area (Å²) >= 11 is 1.75. The van der Waals surface area contributed by atoms with Crippen molar-refractivity contribution in [3.8, 4) is 6.07 Å². The molecule has 0 saturated heterocycles. The van der Waals surface area contributed by atoms with Gasteiger partial charge in [0.1, 0.15) is 6.33 Å². The quantitative estimate of drug-likeness (QED) is 0.775. The van der Waals surface area contributed by atoms with Crippen molar-refractivity contribution in [2.75, 3.05) is 0 Å². The fourth-order valence-electron chi connectivity index (χ4n) is 2.91. The number of aromatic nitrogens is 2. The molecule has 1 saturated carbocycles. The lowest BCUT2D eigenvalue weighted by Crippen LogP contribution is -2.34. The van der Waals surface area contributed by atoms with E-state index in [0.717, 1.165) is 17.9 Å². The van der Waals surface area contributed by atoms with E-state index in [2.05, 4.69) is 36.8 Å². The van der Waals surface area contributed by atoms with E-state index in [9.17, 15) is 5.26 Å². The Morgan fingerprint density at radius 1 is 1.45 bits per heavy atom. The second kappa shape index (κ2) is 6.58. The Morgan fingerprint density at radius 2 is 2.25 bits per heavy atom. The largest absolute Gasteiger partial charge is 0.245 e. The van der Waals surface area contributed by atoms with E-state index in [0.29, 0.717) is 16.6 Å². The van der Waals surface area contributed by atoms with Crippen molar-refractivity contribution >= 4 is 11.8 Å². The van der Waals surface area contributed by atoms with Crippen LogP contribution in [0.2, 0.25) is 0 Å². The molecule has 0 amide bonds. The van der Waals surface area contributed by atoms with Gasteiger partial charge in [-0.15, -0.1) is 11.8 Å². The Bertz CT molecular complexity index is 466. The van der Waals surface area contributed by atoms with E-state index in [1.165, 1.54) is 12.8 Å². The molecule has 3 unspecified atom stereocenters. The van der Waals surface area contributed by atoms with Crippen LogP contribution in [-0.4, -0.2) is 15.2 Å². The van der Waals surface area contributed by atoms with Gasteiger partial charge in [0.25, 0.3) is 0 Å². The summed E-state index contributed by atoms with van der Waals surface area (Å²) in [4.78, 5) is 8.25. The highest BCUT2D eigenvalue weighted by molar-refractivity contribution is 7.99. The van der Waals surface area contributed by atoms with Crippen molar-refractivity contribution in [3.63, 3.8) is 0 Å². The molecule has 3 nitrogen and oxygen atoms in total. The third-order valence-electron chi connectivity index (χ3n) is 4.80. The first-order chi connectivity index (χ1) is 9.56. The van der Waals surface area contributed by atoms with Crippen molar-refractivity contribution in [2.24, 2.45) is 17.3 Å². The van der Waals surface area contributed by atoms with Crippen LogP contribution in [0.5, 0.6) is 0 Å². The molecule has 1 heterocycles. The van der Waals surface area contributed by atoms with Crippen LogP contribution < -0.4 is 0 Å². The molecule has 1 fully saturated rings. The lowest BCUT2D eigenvalue weighted by atomic mass is 9.67. The first kappa shape index (κ1) is 15.3. The summed E-state index contributed by atoms with van der Waals surface area (Å²) in [7, 11) is 0. The van der Waals surface area contributed by atoms with Gasteiger partial charge in [-0.25, -0.2) is 9.97 Å². The maximum Gasteiger partial charge on any atom is 0.116 e. The highest BCUT2D eigenvalue weighted by atomic mass is 32.2. The summed E-state index contributed by atoms with van der Waals surface area (Å²) in [5.74, 6) is 0.857. The molecule has 2 rings (SSSR count). The van der Waals surface area contributed by atoms with Gasteiger partial charge in [-0.3, -0.25) is 0 Å². The zero-order valence-corrected chi connectivity index (χ0v) is 13.4. The van der Waals surface area contributed by atoms with Crippen molar-refractivity contribution in [3.05, 3.63) is 18.6 Å². The molecule has 0 aromatic carbocycles. The summed E-state index contributed by atoms with van der Waals surface area (Å²) in [6.45, 7) is 6.98. The molecule has 1 aromatic rings. The Labute approximate surface area is 126 Å². The monoisotopic (exact) mass is 289 g/mol. The second-order valence-electron chi connectivity index (χ2n) is 6.29. The van der Waals surface area contributed by atoms with Gasteiger partial charge in [-0.05, 0) is 36.7 Å². The van der Waals surface area contributed by atoms with Gasteiger partial charge >= 0.3 is 0 Å². The third kappa shape index (κ3) is 3.52. The molecule has 1 aliphatic rings. The Kier molecular flexibility index (Phi) is 5.04. The molecule has 0 aliphatic heterocycles. The first-order valence-electron chi connectivity index (χ1n) is 7.39. The second-order valence-corrected chi connectivity index (χ2v) is 7.55. The van der Waals surface area contributed by atoms with Crippen LogP contribution in [0.25, 0.3) is 0 Å². The predicted octanol–water partition coefficient (Wildman–Crippen LogP) is 4.31. The molecular formula is C16H23N3S. The van der Waals surface area contributed by atoms with Gasteiger partial charge in [-0.1, -0.05) is 27.2 Å². The maximum atomic E-state index is 9.39. The topological polar surface area (TPSA) is 49.6 Å². The van der Waals surface area contributed by atoms with Crippen LogP contribution in [0.3, 0.4) is 0 Å². The number of hydrogen-bond acceptors (Lipinski definition) is 4. The molecule has 0 radical (unpaired) electrons. The minimum atomic E-state index is 0.152. The van der Waals surface area contributed by atoms with Crippen molar-refractivity contribution in [2.45, 2.75) is 56.7 Å². The maximum absolute atomic E-state index is 9.39. The lowest BCUT2D eigenvalue weighted by Gasteiger charge is -2.41. The molecular weight excluding hydrogens is 266 g/mol. The zero-order chi connectivity index (χ0) is 14.6. The fraction of sp³-hybridized carbons (Fsp3) is 0.688. The van der Waals surface area contributed by atoms with E-state index in [1.54, 1.807) is 24.3 Å². The standard InChI is InChI=1S/C16H23N3S/c1-4-16(2,3)13-6-5-12(10-17)14(9-13)20-15-7-8-18-11-19-15/h7-8,11-14H,4-6,9H2,1-3H3. The van der Waals surface area contributed by atoms with Gasteiger partial charge in [0.05, 0.1) is 17.0 Å². The van der Waals surface area contributed by atoms with E-state index in [4.69, 9.17) is 0 Å². The van der Waals surface area contributed by atoms with Crippen LogP contribution in [0, 0.1) is 28.6 Å². The van der Waals surface area contributed by atoms with Crippen LogP contribution in [-0.2, 0) is 0 Å². The molecule has 0 N–H and O–H groups in total. The van der Waals surface area contributed by atoms with Gasteiger partial charge in [0, 0.05) is 11.4 Å². The van der Waals surface area contributed by atoms with E-state index in [1.807, 2.05) is 6.07 Å². The fourth-order valence-corrected chi connectivity index (χ4v) is 4.16. The average molecular weight is 289 g/mol. The van der Waals surface area contributed by atoms with Gasteiger partial charge in [0.2, 0.25) is 0 Å². The summed E-state index contributed by atoms with van der Waals surface area (Å²) in [6.07, 6.45) is 7.87. The normalized spacial score (nSPS) is 27.0. The molecule has 20 heavy (non-hydrogen) atoms. The number of thioether (sulfide) groups is 1. The summed E-state index contributed by atoms with van der Waals surface area (Å²) in [6, 6.07) is 4.44. The molecule has 108 valence electrons. The highest BCUT2D eigenvalue weighted by Gasteiger charge is 2.37. The van der Waals surface area contributed by atoms with Gasteiger partial charge < -0.3 is 0 Å². The number of hydrogen-bond donors (Lipinski definition) is 0. The first-order valence-corrected chi connectivity index (χ1v) is 8.27. The minimum Gasteiger partial charge on any atom is -0.245 e. The van der Waals surface area contributed by atoms with Gasteiger partial charge in [-0.2, -0.15) is 5.26 Å². The molecule has 0 bridgehead atoms. The van der Waals surface area contributed by atoms with E-state index in [-0.39, 0.29) is 5.92 Å². The van der Waals surface area contributed by atoms with Crippen molar-refractivity contribution in [1.29, 1.82) is 5.26 Å². The van der Waals surface area contributed by atoms with Crippen molar-refractivity contribution < 1.29 is 0 Å². The van der Waals surface area contributed by atoms with E-state index < -0.39 is 0 Å². The third-order valence-corrected chi connectivity index (χ3v) is 6.11. The molecule has 3 atom stereocenters. The Balaban J connectivity index is 2.09. The molecule has 0 spiro atoms. The SMILES string of the molecule is CCC(C)(C)C1CCC(C#N)C(Sc2ccncn2)C1. The molecule has 4 heteroatoms. The minimum absolute atomic E-state index is 0.152.